The SMILES string of the molecule is COc1cc(C(=O)NNC(=S)Nc2cccc(Cl)c2)ccc1C. The summed E-state index contributed by atoms with van der Waals surface area (Å²) in [6, 6.07) is 12.3. The number of hydrazine groups is 1. The number of benzene rings is 2. The second kappa shape index (κ2) is 7.80. The Morgan fingerprint density at radius 1 is 1.17 bits per heavy atom. The molecule has 2 aromatic rings. The molecule has 0 fully saturated rings. The monoisotopic (exact) mass is 349 g/mol. The van der Waals surface area contributed by atoms with Gasteiger partial charge in [-0.3, -0.25) is 15.6 Å². The third-order valence-electron chi connectivity index (χ3n) is 3.04. The largest absolute Gasteiger partial charge is 0.496 e. The van der Waals surface area contributed by atoms with Crippen molar-refractivity contribution in [2.45, 2.75) is 6.92 Å². The van der Waals surface area contributed by atoms with Crippen LogP contribution in [0.25, 0.3) is 0 Å². The van der Waals surface area contributed by atoms with E-state index in [0.29, 0.717) is 16.3 Å². The Bertz CT molecular complexity index is 737. The molecule has 120 valence electrons. The van der Waals surface area contributed by atoms with E-state index < -0.39 is 0 Å². The van der Waals surface area contributed by atoms with Crippen LogP contribution < -0.4 is 20.9 Å². The van der Waals surface area contributed by atoms with Crippen molar-refractivity contribution in [3.63, 3.8) is 0 Å². The van der Waals surface area contributed by atoms with Crippen LogP contribution in [0, 0.1) is 6.92 Å². The minimum absolute atomic E-state index is 0.250. The number of thiocarbonyl (C=S) groups is 1. The summed E-state index contributed by atoms with van der Waals surface area (Å²) in [5.41, 5.74) is 7.30. The number of hydrogen-bond donors (Lipinski definition) is 3. The van der Waals surface area contributed by atoms with Crippen LogP contribution in [-0.4, -0.2) is 18.1 Å². The van der Waals surface area contributed by atoms with Crippen LogP contribution in [-0.2, 0) is 0 Å². The molecule has 5 nitrogen and oxygen atoms in total. The molecule has 0 aliphatic heterocycles. The standard InChI is InChI=1S/C16H16ClN3O2S/c1-10-6-7-11(8-14(10)22-2)15(21)19-20-16(23)18-13-5-3-4-12(17)9-13/h3-9H,1-2H3,(H,19,21)(H2,18,20,23). The molecule has 0 unspecified atom stereocenters. The molecular formula is C16H16ClN3O2S. The van der Waals surface area contributed by atoms with Crippen molar-refractivity contribution in [1.82, 2.24) is 10.9 Å². The highest BCUT2D eigenvalue weighted by Crippen LogP contribution is 2.18. The first kappa shape index (κ1) is 17.1. The summed E-state index contributed by atoms with van der Waals surface area (Å²) in [4.78, 5) is 12.1. The van der Waals surface area contributed by atoms with Crippen LogP contribution in [0.4, 0.5) is 5.69 Å². The van der Waals surface area contributed by atoms with Crippen LogP contribution in [0.1, 0.15) is 15.9 Å². The van der Waals surface area contributed by atoms with Gasteiger partial charge in [-0.15, -0.1) is 0 Å². The van der Waals surface area contributed by atoms with Crippen molar-refractivity contribution >= 4 is 40.5 Å². The van der Waals surface area contributed by atoms with Crippen LogP contribution in [0.2, 0.25) is 5.02 Å². The molecule has 0 saturated carbocycles. The molecule has 0 radical (unpaired) electrons. The number of anilines is 1. The van der Waals surface area contributed by atoms with Crippen molar-refractivity contribution in [2.75, 3.05) is 12.4 Å². The number of carbonyl (C=O) groups excluding carboxylic acids is 1. The first-order valence-corrected chi connectivity index (χ1v) is 7.56. The van der Waals surface area contributed by atoms with E-state index in [0.717, 1.165) is 11.3 Å². The van der Waals surface area contributed by atoms with Crippen LogP contribution >= 0.6 is 23.8 Å². The van der Waals surface area contributed by atoms with Gasteiger partial charge in [-0.25, -0.2) is 0 Å². The third-order valence-corrected chi connectivity index (χ3v) is 3.48. The van der Waals surface area contributed by atoms with Gasteiger partial charge in [0.25, 0.3) is 5.91 Å². The number of amides is 1. The lowest BCUT2D eigenvalue weighted by Gasteiger charge is -2.12. The highest BCUT2D eigenvalue weighted by molar-refractivity contribution is 7.80. The van der Waals surface area contributed by atoms with Gasteiger partial charge in [-0.1, -0.05) is 23.7 Å². The van der Waals surface area contributed by atoms with E-state index >= 15 is 0 Å². The predicted octanol–water partition coefficient (Wildman–Crippen LogP) is 3.29. The van der Waals surface area contributed by atoms with Crippen molar-refractivity contribution in [2.24, 2.45) is 0 Å². The van der Waals surface area contributed by atoms with Crippen molar-refractivity contribution < 1.29 is 9.53 Å². The lowest BCUT2D eigenvalue weighted by Crippen LogP contribution is -2.43. The molecule has 3 N–H and O–H groups in total. The Morgan fingerprint density at radius 2 is 1.96 bits per heavy atom. The lowest BCUT2D eigenvalue weighted by atomic mass is 10.1. The van der Waals surface area contributed by atoms with E-state index in [1.807, 2.05) is 19.1 Å². The van der Waals surface area contributed by atoms with Crippen LogP contribution in [0.5, 0.6) is 5.75 Å². The van der Waals surface area contributed by atoms with Gasteiger partial charge in [-0.05, 0) is 55.0 Å². The fraction of sp³-hybridized carbons (Fsp3) is 0.125. The van der Waals surface area contributed by atoms with Crippen molar-refractivity contribution in [1.29, 1.82) is 0 Å². The van der Waals surface area contributed by atoms with Gasteiger partial charge in [0.1, 0.15) is 5.75 Å². The third kappa shape index (κ3) is 4.84. The summed E-state index contributed by atoms with van der Waals surface area (Å²) in [5.74, 6) is 0.329. The second-order valence-electron chi connectivity index (χ2n) is 4.73. The zero-order valence-electron chi connectivity index (χ0n) is 12.6. The number of aryl methyl sites for hydroxylation is 1. The van der Waals surface area contributed by atoms with Crippen molar-refractivity contribution in [3.05, 3.63) is 58.6 Å². The normalized spacial score (nSPS) is 9.87. The molecule has 2 rings (SSSR count). The molecule has 0 aliphatic carbocycles. The number of carbonyl (C=O) groups is 1. The number of ether oxygens (including phenoxy) is 1. The summed E-state index contributed by atoms with van der Waals surface area (Å²) in [6.07, 6.45) is 0. The summed E-state index contributed by atoms with van der Waals surface area (Å²) in [6.45, 7) is 1.91. The molecule has 23 heavy (non-hydrogen) atoms. The smallest absolute Gasteiger partial charge is 0.269 e. The molecule has 2 aromatic carbocycles. The summed E-state index contributed by atoms with van der Waals surface area (Å²) in [7, 11) is 1.56. The minimum Gasteiger partial charge on any atom is -0.496 e. The fourth-order valence-corrected chi connectivity index (χ4v) is 2.23. The number of rotatable bonds is 3. The second-order valence-corrected chi connectivity index (χ2v) is 5.57. The molecule has 0 spiro atoms. The fourth-order valence-electron chi connectivity index (χ4n) is 1.88. The molecule has 0 heterocycles. The average molecular weight is 350 g/mol. The highest BCUT2D eigenvalue weighted by Gasteiger charge is 2.08. The van der Waals surface area contributed by atoms with E-state index in [9.17, 15) is 4.79 Å². The maximum absolute atomic E-state index is 12.1. The summed E-state index contributed by atoms with van der Waals surface area (Å²) in [5, 5.41) is 3.76. The van der Waals surface area contributed by atoms with E-state index in [1.165, 1.54) is 0 Å². The van der Waals surface area contributed by atoms with E-state index in [2.05, 4.69) is 16.2 Å². The van der Waals surface area contributed by atoms with Crippen LogP contribution in [0.3, 0.4) is 0 Å². The minimum atomic E-state index is -0.321. The number of methoxy groups -OCH3 is 1. The Balaban J connectivity index is 1.92. The van der Waals surface area contributed by atoms with Crippen molar-refractivity contribution in [3.8, 4) is 5.75 Å². The van der Waals surface area contributed by atoms with E-state index in [1.54, 1.807) is 37.4 Å². The van der Waals surface area contributed by atoms with Gasteiger partial charge >= 0.3 is 0 Å². The van der Waals surface area contributed by atoms with E-state index in [4.69, 9.17) is 28.6 Å². The van der Waals surface area contributed by atoms with Gasteiger partial charge < -0.3 is 10.1 Å². The Kier molecular flexibility index (Phi) is 5.78. The molecule has 1 amide bonds. The molecule has 0 atom stereocenters. The number of halogens is 1. The molecule has 7 heteroatoms. The van der Waals surface area contributed by atoms with Gasteiger partial charge in [0.2, 0.25) is 0 Å². The summed E-state index contributed by atoms with van der Waals surface area (Å²) < 4.78 is 5.20. The van der Waals surface area contributed by atoms with Gasteiger partial charge in [0.15, 0.2) is 5.11 Å². The molecule has 0 aromatic heterocycles. The quantitative estimate of drug-likeness (QED) is 0.586. The first-order valence-electron chi connectivity index (χ1n) is 6.77. The molecule has 0 aliphatic rings. The van der Waals surface area contributed by atoms with Gasteiger partial charge in [0, 0.05) is 16.3 Å². The Morgan fingerprint density at radius 3 is 2.65 bits per heavy atom. The first-order chi connectivity index (χ1) is 11.0. The molecule has 0 saturated heterocycles. The Labute approximate surface area is 145 Å². The molecule has 0 bridgehead atoms. The average Bonchev–Trinajstić information content (AvgIpc) is 2.53. The summed E-state index contributed by atoms with van der Waals surface area (Å²) >= 11 is 11.0. The zero-order valence-corrected chi connectivity index (χ0v) is 14.2. The predicted molar refractivity (Wildman–Crippen MR) is 96.0 cm³/mol. The Hall–Kier alpha value is -2.31. The number of hydrogen-bond acceptors (Lipinski definition) is 3. The highest BCUT2D eigenvalue weighted by atomic mass is 35.5. The molecular weight excluding hydrogens is 334 g/mol. The number of nitrogens with one attached hydrogen (secondary N) is 3. The maximum Gasteiger partial charge on any atom is 0.269 e. The van der Waals surface area contributed by atoms with Gasteiger partial charge in [0.05, 0.1) is 7.11 Å². The topological polar surface area (TPSA) is 62.4 Å². The maximum atomic E-state index is 12.1. The lowest BCUT2D eigenvalue weighted by molar-refractivity contribution is 0.0944. The van der Waals surface area contributed by atoms with E-state index in [-0.39, 0.29) is 11.0 Å². The van der Waals surface area contributed by atoms with Gasteiger partial charge in [-0.2, -0.15) is 0 Å². The zero-order chi connectivity index (χ0) is 16.8. The van der Waals surface area contributed by atoms with Crippen LogP contribution in [0.15, 0.2) is 42.5 Å².